The molecule has 0 radical (unpaired) electrons. The Balaban J connectivity index is 1.66. The van der Waals surface area contributed by atoms with E-state index in [1.165, 1.54) is 6.26 Å². The van der Waals surface area contributed by atoms with Crippen LogP contribution in [0.1, 0.15) is 29.0 Å². The normalized spacial score (nSPS) is 17.0. The second-order valence-corrected chi connectivity index (χ2v) is 5.79. The molecule has 1 aromatic carbocycles. The van der Waals surface area contributed by atoms with Crippen molar-refractivity contribution in [1.29, 1.82) is 0 Å². The zero-order valence-electron chi connectivity index (χ0n) is 13.3. The van der Waals surface area contributed by atoms with Crippen molar-refractivity contribution >= 4 is 17.5 Å². The Bertz CT molecular complexity index is 694. The summed E-state index contributed by atoms with van der Waals surface area (Å²) < 4.78 is 5.15. The lowest BCUT2D eigenvalue weighted by Gasteiger charge is -2.23. The molecule has 2 amide bonds. The molecule has 2 aromatic rings. The largest absolute Gasteiger partial charge is 0.459 e. The van der Waals surface area contributed by atoms with E-state index in [4.69, 9.17) is 9.52 Å². The van der Waals surface area contributed by atoms with Crippen molar-refractivity contribution in [3.63, 3.8) is 0 Å². The van der Waals surface area contributed by atoms with Gasteiger partial charge in [-0.2, -0.15) is 0 Å². The van der Waals surface area contributed by atoms with Crippen LogP contribution in [-0.2, 0) is 11.2 Å². The summed E-state index contributed by atoms with van der Waals surface area (Å²) in [6, 6.07) is 10.1. The van der Waals surface area contributed by atoms with Crippen LogP contribution in [0.4, 0.5) is 5.69 Å². The molecular formula is C18H20N2O4. The van der Waals surface area contributed by atoms with Gasteiger partial charge in [0.15, 0.2) is 5.76 Å². The van der Waals surface area contributed by atoms with E-state index in [-0.39, 0.29) is 24.2 Å². The number of nitrogens with zero attached hydrogens (tertiary/aromatic N) is 1. The molecule has 6 nitrogen and oxygen atoms in total. The van der Waals surface area contributed by atoms with Gasteiger partial charge in [-0.3, -0.25) is 9.59 Å². The molecule has 1 unspecified atom stereocenters. The molecule has 126 valence electrons. The number of benzene rings is 1. The molecule has 0 spiro atoms. The predicted molar refractivity (Wildman–Crippen MR) is 88.6 cm³/mol. The number of rotatable bonds is 5. The Hall–Kier alpha value is -2.60. The molecule has 1 aliphatic heterocycles. The van der Waals surface area contributed by atoms with Crippen LogP contribution in [0.5, 0.6) is 0 Å². The maximum Gasteiger partial charge on any atom is 0.290 e. The lowest BCUT2D eigenvalue weighted by molar-refractivity contribution is -0.119. The minimum atomic E-state index is -0.486. The third-order valence-corrected chi connectivity index (χ3v) is 4.17. The molecule has 6 heteroatoms. The van der Waals surface area contributed by atoms with Crippen molar-refractivity contribution in [2.24, 2.45) is 0 Å². The molecular weight excluding hydrogens is 308 g/mol. The van der Waals surface area contributed by atoms with Crippen LogP contribution >= 0.6 is 0 Å². The zero-order chi connectivity index (χ0) is 16.9. The zero-order valence-corrected chi connectivity index (χ0v) is 13.3. The summed E-state index contributed by atoms with van der Waals surface area (Å²) in [5.74, 6) is -0.193. The SMILES string of the molecule is O=C(Nc1ccc(CCO)cc1)C1CCCN1C(=O)c1ccco1. The van der Waals surface area contributed by atoms with Gasteiger partial charge in [0.05, 0.1) is 6.26 Å². The first kappa shape index (κ1) is 16.3. The minimum Gasteiger partial charge on any atom is -0.459 e. The van der Waals surface area contributed by atoms with Gasteiger partial charge in [0.25, 0.3) is 5.91 Å². The highest BCUT2D eigenvalue weighted by atomic mass is 16.3. The van der Waals surface area contributed by atoms with Crippen LogP contribution in [-0.4, -0.2) is 41.0 Å². The third-order valence-electron chi connectivity index (χ3n) is 4.17. The Labute approximate surface area is 140 Å². The predicted octanol–water partition coefficient (Wildman–Crippen LogP) is 2.06. The molecule has 3 rings (SSSR count). The van der Waals surface area contributed by atoms with E-state index in [1.54, 1.807) is 29.2 Å². The van der Waals surface area contributed by atoms with E-state index in [1.807, 2.05) is 12.1 Å². The summed E-state index contributed by atoms with van der Waals surface area (Å²) >= 11 is 0. The monoisotopic (exact) mass is 328 g/mol. The maximum atomic E-state index is 12.5. The van der Waals surface area contributed by atoms with Crippen LogP contribution < -0.4 is 5.32 Å². The van der Waals surface area contributed by atoms with Gasteiger partial charge in [0.1, 0.15) is 6.04 Å². The van der Waals surface area contributed by atoms with E-state index in [0.29, 0.717) is 25.1 Å². The lowest BCUT2D eigenvalue weighted by atomic mass is 10.1. The van der Waals surface area contributed by atoms with Crippen molar-refractivity contribution in [2.45, 2.75) is 25.3 Å². The highest BCUT2D eigenvalue weighted by Gasteiger charge is 2.35. The van der Waals surface area contributed by atoms with Crippen LogP contribution in [0.2, 0.25) is 0 Å². The fourth-order valence-corrected chi connectivity index (χ4v) is 2.93. The molecule has 1 fully saturated rings. The number of hydrogen-bond donors (Lipinski definition) is 2. The molecule has 1 aliphatic rings. The fourth-order valence-electron chi connectivity index (χ4n) is 2.93. The second kappa shape index (κ2) is 7.31. The maximum absolute atomic E-state index is 12.5. The van der Waals surface area contributed by atoms with Crippen LogP contribution in [0, 0.1) is 0 Å². The van der Waals surface area contributed by atoms with Gasteiger partial charge in [-0.15, -0.1) is 0 Å². The number of amides is 2. The van der Waals surface area contributed by atoms with Crippen molar-refractivity contribution < 1.29 is 19.1 Å². The quantitative estimate of drug-likeness (QED) is 0.880. The molecule has 24 heavy (non-hydrogen) atoms. The van der Waals surface area contributed by atoms with Gasteiger partial charge in [0, 0.05) is 18.8 Å². The van der Waals surface area contributed by atoms with Gasteiger partial charge in [-0.05, 0) is 49.1 Å². The molecule has 2 heterocycles. The molecule has 2 N–H and O–H groups in total. The Morgan fingerprint density at radius 2 is 2.04 bits per heavy atom. The van der Waals surface area contributed by atoms with Gasteiger partial charge >= 0.3 is 0 Å². The first-order valence-corrected chi connectivity index (χ1v) is 8.04. The Morgan fingerprint density at radius 3 is 2.71 bits per heavy atom. The van der Waals surface area contributed by atoms with E-state index >= 15 is 0 Å². The van der Waals surface area contributed by atoms with Gasteiger partial charge < -0.3 is 19.7 Å². The fraction of sp³-hybridized carbons (Fsp3) is 0.333. The average Bonchev–Trinajstić information content (AvgIpc) is 3.28. The van der Waals surface area contributed by atoms with Crippen LogP contribution in [0.15, 0.2) is 47.1 Å². The second-order valence-electron chi connectivity index (χ2n) is 5.79. The van der Waals surface area contributed by atoms with Crippen LogP contribution in [0.25, 0.3) is 0 Å². The summed E-state index contributed by atoms with van der Waals surface area (Å²) in [4.78, 5) is 26.5. The van der Waals surface area contributed by atoms with E-state index in [2.05, 4.69) is 5.32 Å². The molecule has 0 bridgehead atoms. The molecule has 1 atom stereocenters. The highest BCUT2D eigenvalue weighted by molar-refractivity contribution is 6.00. The number of carbonyl (C=O) groups excluding carboxylic acids is 2. The Kier molecular flexibility index (Phi) is 4.96. The molecule has 0 saturated carbocycles. The van der Waals surface area contributed by atoms with Crippen LogP contribution in [0.3, 0.4) is 0 Å². The Morgan fingerprint density at radius 1 is 1.25 bits per heavy atom. The first-order chi connectivity index (χ1) is 11.7. The van der Waals surface area contributed by atoms with E-state index in [9.17, 15) is 9.59 Å². The van der Waals surface area contributed by atoms with Crippen molar-refractivity contribution in [3.05, 3.63) is 54.0 Å². The standard InChI is InChI=1S/C18H20N2O4/c21-11-9-13-5-7-14(8-6-13)19-17(22)15-3-1-10-20(15)18(23)16-4-2-12-24-16/h2,4-8,12,15,21H,1,3,9-11H2,(H,19,22). The molecule has 1 aromatic heterocycles. The molecule has 1 saturated heterocycles. The summed E-state index contributed by atoms with van der Waals surface area (Å²) in [6.45, 7) is 0.644. The number of nitrogens with one attached hydrogen (secondary N) is 1. The lowest BCUT2D eigenvalue weighted by Crippen LogP contribution is -2.43. The topological polar surface area (TPSA) is 82.8 Å². The van der Waals surface area contributed by atoms with E-state index in [0.717, 1.165) is 12.0 Å². The highest BCUT2D eigenvalue weighted by Crippen LogP contribution is 2.22. The van der Waals surface area contributed by atoms with E-state index < -0.39 is 6.04 Å². The van der Waals surface area contributed by atoms with Gasteiger partial charge in [-0.25, -0.2) is 0 Å². The van der Waals surface area contributed by atoms with Gasteiger partial charge in [-0.1, -0.05) is 12.1 Å². The molecule has 0 aliphatic carbocycles. The third kappa shape index (κ3) is 3.49. The van der Waals surface area contributed by atoms with Crippen molar-refractivity contribution in [3.8, 4) is 0 Å². The smallest absolute Gasteiger partial charge is 0.290 e. The number of furan rings is 1. The number of anilines is 1. The summed E-state index contributed by atoms with van der Waals surface area (Å²) in [5, 5.41) is 11.8. The summed E-state index contributed by atoms with van der Waals surface area (Å²) in [6.07, 6.45) is 3.47. The summed E-state index contributed by atoms with van der Waals surface area (Å²) in [5.41, 5.74) is 1.69. The average molecular weight is 328 g/mol. The number of hydrogen-bond acceptors (Lipinski definition) is 4. The van der Waals surface area contributed by atoms with Gasteiger partial charge in [0.2, 0.25) is 5.91 Å². The summed E-state index contributed by atoms with van der Waals surface area (Å²) in [7, 11) is 0. The van der Waals surface area contributed by atoms with Crippen molar-refractivity contribution in [2.75, 3.05) is 18.5 Å². The number of likely N-dealkylation sites (tertiary alicyclic amines) is 1. The first-order valence-electron chi connectivity index (χ1n) is 8.04. The number of aliphatic hydroxyl groups excluding tert-OH is 1. The number of aliphatic hydroxyl groups is 1. The van der Waals surface area contributed by atoms with Crippen molar-refractivity contribution in [1.82, 2.24) is 4.90 Å². The number of carbonyl (C=O) groups is 2. The minimum absolute atomic E-state index is 0.0949.